The molecule has 6 nitrogen and oxygen atoms in total. The van der Waals surface area contributed by atoms with Crippen molar-refractivity contribution in [2.24, 2.45) is 0 Å². The number of phenolic OH excluding ortho intramolecular Hbond substituents is 1. The zero-order chi connectivity index (χ0) is 20.5. The van der Waals surface area contributed by atoms with Crippen LogP contribution in [-0.4, -0.2) is 29.9 Å². The molecule has 0 saturated carbocycles. The Labute approximate surface area is 175 Å². The maximum atomic E-state index is 12.9. The molecule has 3 aromatic carbocycles. The quantitative estimate of drug-likeness (QED) is 0.269. The van der Waals surface area contributed by atoms with E-state index in [9.17, 15) is 14.7 Å². The Bertz CT molecular complexity index is 1140. The second-order valence-corrected chi connectivity index (χ2v) is 7.24. The summed E-state index contributed by atoms with van der Waals surface area (Å²) in [5, 5.41) is 10.4. The van der Waals surface area contributed by atoms with Crippen molar-refractivity contribution in [2.45, 2.75) is 0 Å². The highest BCUT2D eigenvalue weighted by molar-refractivity contribution is 9.10. The van der Waals surface area contributed by atoms with Crippen LogP contribution in [0, 0.1) is 0 Å². The lowest BCUT2D eigenvalue weighted by Gasteiger charge is -2.21. The largest absolute Gasteiger partial charge is 0.507 e. The lowest BCUT2D eigenvalue weighted by atomic mass is 9.82. The third kappa shape index (κ3) is 3.34. The molecular weight excluding hydrogens is 438 g/mol. The molecular formula is C22H16BrNO5. The van der Waals surface area contributed by atoms with Crippen LogP contribution in [0.4, 0.5) is 5.69 Å². The zero-order valence-corrected chi connectivity index (χ0v) is 16.7. The number of fused-ring (bicyclic) bond motifs is 2. The summed E-state index contributed by atoms with van der Waals surface area (Å²) in [6.45, 7) is 0.345. The van der Waals surface area contributed by atoms with Gasteiger partial charge in [-0.1, -0.05) is 36.4 Å². The number of rotatable bonds is 5. The number of phenols is 1. The molecule has 0 spiro atoms. The maximum absolute atomic E-state index is 12.9. The number of para-hydroxylation sites is 1. The first-order valence-electron chi connectivity index (χ1n) is 8.83. The van der Waals surface area contributed by atoms with Gasteiger partial charge in [-0.25, -0.2) is 0 Å². The van der Waals surface area contributed by atoms with Gasteiger partial charge < -0.3 is 20.3 Å². The Morgan fingerprint density at radius 2 is 1.38 bits per heavy atom. The van der Waals surface area contributed by atoms with Crippen molar-refractivity contribution < 1.29 is 24.2 Å². The summed E-state index contributed by atoms with van der Waals surface area (Å²) in [6, 6.07) is 15.1. The van der Waals surface area contributed by atoms with E-state index < -0.39 is 11.6 Å². The fraction of sp³-hybridized carbons (Fsp3) is 0.0909. The standard InChI is InChI=1S/C22H16BrNO5/c23-14-7-3-4-8-16(14)28-9-10-29-17-11-15(25)18-19(20(17)24)22(27)13-6-2-1-5-12(13)21(18)26/h1-8,11,25H,9-10,24H2. The molecule has 0 heterocycles. The molecule has 4 rings (SSSR count). The van der Waals surface area contributed by atoms with E-state index in [1.807, 2.05) is 24.3 Å². The number of ether oxygens (including phenoxy) is 2. The van der Waals surface area contributed by atoms with Crippen LogP contribution in [0.25, 0.3) is 0 Å². The molecule has 0 unspecified atom stereocenters. The molecule has 0 amide bonds. The Morgan fingerprint density at radius 3 is 2.03 bits per heavy atom. The van der Waals surface area contributed by atoms with Gasteiger partial charge >= 0.3 is 0 Å². The molecule has 29 heavy (non-hydrogen) atoms. The summed E-state index contributed by atoms with van der Waals surface area (Å²) in [7, 11) is 0. The number of carbonyl (C=O) groups excluding carboxylic acids is 2. The minimum Gasteiger partial charge on any atom is -0.507 e. The van der Waals surface area contributed by atoms with Gasteiger partial charge in [-0.2, -0.15) is 0 Å². The zero-order valence-electron chi connectivity index (χ0n) is 15.1. The second-order valence-electron chi connectivity index (χ2n) is 6.39. The number of carbonyl (C=O) groups is 2. The van der Waals surface area contributed by atoms with Crippen molar-refractivity contribution >= 4 is 33.2 Å². The maximum Gasteiger partial charge on any atom is 0.198 e. The fourth-order valence-corrected chi connectivity index (χ4v) is 3.66. The number of anilines is 1. The molecule has 0 atom stereocenters. The van der Waals surface area contributed by atoms with Crippen LogP contribution in [0.1, 0.15) is 31.8 Å². The van der Waals surface area contributed by atoms with Gasteiger partial charge in [0.2, 0.25) is 0 Å². The predicted octanol–water partition coefficient (Wildman–Crippen LogP) is 3.97. The lowest BCUT2D eigenvalue weighted by molar-refractivity contribution is 0.0977. The van der Waals surface area contributed by atoms with Crippen LogP contribution in [0.5, 0.6) is 17.2 Å². The minimum atomic E-state index is -0.441. The van der Waals surface area contributed by atoms with Crippen LogP contribution >= 0.6 is 15.9 Å². The molecule has 3 N–H and O–H groups in total. The summed E-state index contributed by atoms with van der Waals surface area (Å²) < 4.78 is 12.1. The highest BCUT2D eigenvalue weighted by atomic mass is 79.9. The van der Waals surface area contributed by atoms with Gasteiger partial charge in [0.25, 0.3) is 0 Å². The molecule has 0 fully saturated rings. The summed E-state index contributed by atoms with van der Waals surface area (Å²) in [4.78, 5) is 25.7. The van der Waals surface area contributed by atoms with Gasteiger partial charge in [-0.3, -0.25) is 9.59 Å². The smallest absolute Gasteiger partial charge is 0.198 e. The van der Waals surface area contributed by atoms with Crippen LogP contribution in [0.2, 0.25) is 0 Å². The van der Waals surface area contributed by atoms with Crippen molar-refractivity contribution in [3.05, 3.63) is 81.3 Å². The number of benzene rings is 3. The van der Waals surface area contributed by atoms with Gasteiger partial charge in [0.05, 0.1) is 21.3 Å². The topological polar surface area (TPSA) is 98.8 Å². The molecule has 146 valence electrons. The SMILES string of the molecule is Nc1c(OCCOc2ccccc2Br)cc(O)c2c1C(=O)c1ccccc1C2=O. The normalized spacial score (nSPS) is 12.3. The van der Waals surface area contributed by atoms with Crippen LogP contribution in [0.15, 0.2) is 59.1 Å². The monoisotopic (exact) mass is 453 g/mol. The Balaban J connectivity index is 1.58. The van der Waals surface area contributed by atoms with Crippen molar-refractivity contribution in [2.75, 3.05) is 18.9 Å². The van der Waals surface area contributed by atoms with E-state index in [1.165, 1.54) is 6.07 Å². The molecule has 3 aromatic rings. The average Bonchev–Trinajstić information content (AvgIpc) is 2.72. The molecule has 0 radical (unpaired) electrons. The van der Waals surface area contributed by atoms with Crippen LogP contribution in [-0.2, 0) is 0 Å². The first-order chi connectivity index (χ1) is 14.0. The van der Waals surface area contributed by atoms with E-state index in [0.717, 1.165) is 4.47 Å². The summed E-state index contributed by atoms with van der Waals surface area (Å²) >= 11 is 3.39. The minimum absolute atomic E-state index is 0.0199. The van der Waals surface area contributed by atoms with Crippen molar-refractivity contribution in [1.29, 1.82) is 0 Å². The number of hydrogen-bond acceptors (Lipinski definition) is 6. The highest BCUT2D eigenvalue weighted by Crippen LogP contribution is 2.41. The number of nitrogens with two attached hydrogens (primary N) is 1. The van der Waals surface area contributed by atoms with Crippen molar-refractivity contribution in [3.63, 3.8) is 0 Å². The Kier molecular flexibility index (Phi) is 4.98. The summed E-state index contributed by atoms with van der Waals surface area (Å²) in [5.41, 5.74) is 6.54. The predicted molar refractivity (Wildman–Crippen MR) is 111 cm³/mol. The van der Waals surface area contributed by atoms with E-state index in [0.29, 0.717) is 5.75 Å². The number of nitrogen functional groups attached to an aromatic ring is 1. The molecule has 1 aliphatic rings. The molecule has 0 aliphatic heterocycles. The number of hydrogen-bond donors (Lipinski definition) is 2. The first-order valence-corrected chi connectivity index (χ1v) is 9.62. The van der Waals surface area contributed by atoms with Gasteiger partial charge in [-0.15, -0.1) is 0 Å². The Hall–Kier alpha value is -3.32. The number of aromatic hydroxyl groups is 1. The molecule has 0 bridgehead atoms. The van der Waals surface area contributed by atoms with E-state index in [2.05, 4.69) is 15.9 Å². The van der Waals surface area contributed by atoms with Crippen molar-refractivity contribution in [3.8, 4) is 17.2 Å². The third-order valence-corrected chi connectivity index (χ3v) is 5.27. The van der Waals surface area contributed by atoms with Gasteiger partial charge in [0.1, 0.15) is 30.5 Å². The van der Waals surface area contributed by atoms with Gasteiger partial charge in [-0.05, 0) is 28.1 Å². The van der Waals surface area contributed by atoms with E-state index in [1.54, 1.807) is 24.3 Å². The van der Waals surface area contributed by atoms with E-state index in [4.69, 9.17) is 15.2 Å². The molecule has 0 aromatic heterocycles. The van der Waals surface area contributed by atoms with E-state index in [-0.39, 0.29) is 52.7 Å². The van der Waals surface area contributed by atoms with Crippen LogP contribution < -0.4 is 15.2 Å². The lowest BCUT2D eigenvalue weighted by Crippen LogP contribution is -2.23. The van der Waals surface area contributed by atoms with Crippen molar-refractivity contribution in [1.82, 2.24) is 0 Å². The first kappa shape index (κ1) is 19.0. The molecule has 7 heteroatoms. The molecule has 1 aliphatic carbocycles. The number of halogens is 1. The molecule has 0 saturated heterocycles. The summed E-state index contributed by atoms with van der Waals surface area (Å²) in [6.07, 6.45) is 0. The van der Waals surface area contributed by atoms with Gasteiger partial charge in [0, 0.05) is 17.2 Å². The average molecular weight is 454 g/mol. The second kappa shape index (κ2) is 7.60. The third-order valence-electron chi connectivity index (χ3n) is 4.61. The fourth-order valence-electron chi connectivity index (χ4n) is 3.26. The van der Waals surface area contributed by atoms with Crippen LogP contribution in [0.3, 0.4) is 0 Å². The number of ketones is 2. The Morgan fingerprint density at radius 1 is 0.828 bits per heavy atom. The highest BCUT2D eigenvalue weighted by Gasteiger charge is 2.35. The van der Waals surface area contributed by atoms with Gasteiger partial charge in [0.15, 0.2) is 11.6 Å². The van der Waals surface area contributed by atoms with E-state index >= 15 is 0 Å². The summed E-state index contributed by atoms with van der Waals surface area (Å²) in [5.74, 6) is -0.419.